The van der Waals surface area contributed by atoms with Gasteiger partial charge in [-0.25, -0.2) is 9.67 Å². The minimum atomic E-state index is 0.247. The predicted molar refractivity (Wildman–Crippen MR) is 124 cm³/mol. The molecule has 0 aliphatic carbocycles. The molecule has 6 rings (SSSR count). The van der Waals surface area contributed by atoms with Gasteiger partial charge >= 0.3 is 0 Å². The third kappa shape index (κ3) is 3.83. The van der Waals surface area contributed by atoms with Crippen LogP contribution in [0.4, 0.5) is 0 Å². The van der Waals surface area contributed by atoms with Gasteiger partial charge in [-0.05, 0) is 49.5 Å². The summed E-state index contributed by atoms with van der Waals surface area (Å²) in [5, 5.41) is 4.93. The predicted octanol–water partition coefficient (Wildman–Crippen LogP) is 5.04. The highest BCUT2D eigenvalue weighted by Gasteiger charge is 2.19. The fraction of sp³-hybridized carbons (Fsp3) is 0.154. The summed E-state index contributed by atoms with van der Waals surface area (Å²) >= 11 is 0. The third-order valence-electron chi connectivity index (χ3n) is 5.64. The van der Waals surface area contributed by atoms with Crippen LogP contribution in [0.5, 0.6) is 11.5 Å². The van der Waals surface area contributed by atoms with Crippen LogP contribution < -0.4 is 9.47 Å². The molecule has 7 heteroatoms. The van der Waals surface area contributed by atoms with Crippen molar-refractivity contribution in [2.45, 2.75) is 13.1 Å². The zero-order valence-electron chi connectivity index (χ0n) is 18.1. The highest BCUT2D eigenvalue weighted by Crippen LogP contribution is 2.36. The van der Waals surface area contributed by atoms with Crippen molar-refractivity contribution in [1.29, 1.82) is 0 Å². The maximum absolute atomic E-state index is 5.91. The first-order valence-electron chi connectivity index (χ1n) is 10.8. The monoisotopic (exact) mass is 438 g/mol. The lowest BCUT2D eigenvalue weighted by atomic mass is 10.1. The summed E-state index contributed by atoms with van der Waals surface area (Å²) in [6, 6.07) is 23.9. The average Bonchev–Trinajstić information content (AvgIpc) is 3.56. The Bertz CT molecular complexity index is 1390. The SMILES string of the molecule is CN(Cc1nc2ccccc2o1)Cc1cn(-c2ccccc2)nc1-c1ccc2c(c1)OCO2. The number of nitrogens with zero attached hydrogens (tertiary/aromatic N) is 4. The molecule has 0 fully saturated rings. The topological polar surface area (TPSA) is 65.6 Å². The first-order chi connectivity index (χ1) is 16.2. The molecule has 5 aromatic rings. The Morgan fingerprint density at radius 2 is 1.73 bits per heavy atom. The Morgan fingerprint density at radius 1 is 0.909 bits per heavy atom. The van der Waals surface area contributed by atoms with E-state index in [4.69, 9.17) is 19.0 Å². The van der Waals surface area contributed by atoms with Crippen molar-refractivity contribution in [3.63, 3.8) is 0 Å². The third-order valence-corrected chi connectivity index (χ3v) is 5.64. The molecule has 33 heavy (non-hydrogen) atoms. The first kappa shape index (κ1) is 19.6. The van der Waals surface area contributed by atoms with E-state index in [1.807, 2.05) is 77.5 Å². The van der Waals surface area contributed by atoms with Gasteiger partial charge in [-0.3, -0.25) is 4.90 Å². The summed E-state index contributed by atoms with van der Waals surface area (Å²) in [4.78, 5) is 6.78. The molecule has 0 amide bonds. The van der Waals surface area contributed by atoms with Crippen LogP contribution in [0.15, 0.2) is 83.4 Å². The second-order valence-corrected chi connectivity index (χ2v) is 8.10. The van der Waals surface area contributed by atoms with E-state index >= 15 is 0 Å². The van der Waals surface area contributed by atoms with Crippen LogP contribution >= 0.6 is 0 Å². The smallest absolute Gasteiger partial charge is 0.231 e. The van der Waals surface area contributed by atoms with Crippen molar-refractivity contribution < 1.29 is 13.9 Å². The lowest BCUT2D eigenvalue weighted by molar-refractivity contribution is 0.174. The van der Waals surface area contributed by atoms with Gasteiger partial charge in [0.25, 0.3) is 0 Å². The molecule has 0 unspecified atom stereocenters. The van der Waals surface area contributed by atoms with E-state index in [9.17, 15) is 0 Å². The molecular formula is C26H22N4O3. The molecule has 0 N–H and O–H groups in total. The van der Waals surface area contributed by atoms with E-state index in [1.165, 1.54) is 0 Å². The van der Waals surface area contributed by atoms with E-state index in [0.717, 1.165) is 45.1 Å². The number of hydrogen-bond donors (Lipinski definition) is 0. The fourth-order valence-electron chi connectivity index (χ4n) is 4.09. The molecule has 0 atom stereocenters. The normalized spacial score (nSPS) is 12.7. The van der Waals surface area contributed by atoms with E-state index in [1.54, 1.807) is 0 Å². The van der Waals surface area contributed by atoms with Crippen LogP contribution in [0.1, 0.15) is 11.5 Å². The van der Waals surface area contributed by atoms with E-state index in [0.29, 0.717) is 19.0 Å². The number of aromatic nitrogens is 3. The number of rotatable bonds is 6. The van der Waals surface area contributed by atoms with Crippen LogP contribution in [0.3, 0.4) is 0 Å². The van der Waals surface area contributed by atoms with E-state index in [-0.39, 0.29) is 6.79 Å². The van der Waals surface area contributed by atoms with Gasteiger partial charge in [-0.15, -0.1) is 0 Å². The maximum Gasteiger partial charge on any atom is 0.231 e. The summed E-state index contributed by atoms with van der Waals surface area (Å²) in [6.45, 7) is 1.51. The number of oxazole rings is 1. The molecular weight excluding hydrogens is 416 g/mol. The van der Waals surface area contributed by atoms with Crippen LogP contribution in [0.2, 0.25) is 0 Å². The molecule has 0 saturated heterocycles. The molecule has 3 aromatic carbocycles. The average molecular weight is 438 g/mol. The lowest BCUT2D eigenvalue weighted by Gasteiger charge is -2.14. The van der Waals surface area contributed by atoms with Gasteiger partial charge in [0.2, 0.25) is 12.7 Å². The number of para-hydroxylation sites is 3. The van der Waals surface area contributed by atoms with Gasteiger partial charge in [0.1, 0.15) is 5.52 Å². The number of benzene rings is 3. The first-order valence-corrected chi connectivity index (χ1v) is 10.8. The zero-order chi connectivity index (χ0) is 22.2. The standard InChI is InChI=1S/C26H22N4O3/c1-29(16-25-27-21-9-5-6-10-22(21)33-25)14-19-15-30(20-7-3-2-4-8-20)28-26(19)18-11-12-23-24(13-18)32-17-31-23/h2-13,15H,14,16-17H2,1H3. The Labute approximate surface area is 190 Å². The molecule has 0 bridgehead atoms. The van der Waals surface area contributed by atoms with Crippen molar-refractivity contribution in [3.05, 3.63) is 90.4 Å². The summed E-state index contributed by atoms with van der Waals surface area (Å²) in [6.07, 6.45) is 2.08. The Morgan fingerprint density at radius 3 is 2.61 bits per heavy atom. The van der Waals surface area contributed by atoms with Gasteiger partial charge in [0, 0.05) is 23.9 Å². The molecule has 2 aromatic heterocycles. The highest BCUT2D eigenvalue weighted by atomic mass is 16.7. The number of ether oxygens (including phenoxy) is 2. The zero-order valence-corrected chi connectivity index (χ0v) is 18.1. The second-order valence-electron chi connectivity index (χ2n) is 8.10. The van der Waals surface area contributed by atoms with Crippen molar-refractivity contribution in [3.8, 4) is 28.4 Å². The minimum Gasteiger partial charge on any atom is -0.454 e. The number of hydrogen-bond acceptors (Lipinski definition) is 6. The minimum absolute atomic E-state index is 0.247. The van der Waals surface area contributed by atoms with Crippen LogP contribution in [0.25, 0.3) is 28.0 Å². The van der Waals surface area contributed by atoms with Crippen molar-refractivity contribution >= 4 is 11.1 Å². The van der Waals surface area contributed by atoms with Crippen LogP contribution in [-0.4, -0.2) is 33.5 Å². The van der Waals surface area contributed by atoms with E-state index < -0.39 is 0 Å². The van der Waals surface area contributed by atoms with Crippen LogP contribution in [-0.2, 0) is 13.1 Å². The Kier molecular flexibility index (Phi) is 4.81. The molecule has 3 heterocycles. The van der Waals surface area contributed by atoms with E-state index in [2.05, 4.69) is 23.1 Å². The highest BCUT2D eigenvalue weighted by molar-refractivity contribution is 5.72. The quantitative estimate of drug-likeness (QED) is 0.370. The Hall–Kier alpha value is -4.10. The van der Waals surface area contributed by atoms with Gasteiger partial charge in [0.05, 0.1) is 17.9 Å². The van der Waals surface area contributed by atoms with Crippen LogP contribution in [0, 0.1) is 0 Å². The summed E-state index contributed by atoms with van der Waals surface area (Å²) < 4.78 is 18.9. The number of fused-ring (bicyclic) bond motifs is 2. The molecule has 7 nitrogen and oxygen atoms in total. The summed E-state index contributed by atoms with van der Waals surface area (Å²) in [5.74, 6) is 2.20. The Balaban J connectivity index is 1.32. The van der Waals surface area contributed by atoms with Crippen molar-refractivity contribution in [2.75, 3.05) is 13.8 Å². The van der Waals surface area contributed by atoms with Crippen molar-refractivity contribution in [1.82, 2.24) is 19.7 Å². The van der Waals surface area contributed by atoms with Gasteiger partial charge < -0.3 is 13.9 Å². The molecule has 1 aliphatic heterocycles. The second kappa shape index (κ2) is 8.11. The van der Waals surface area contributed by atoms with Gasteiger partial charge in [0.15, 0.2) is 17.1 Å². The molecule has 0 radical (unpaired) electrons. The van der Waals surface area contributed by atoms with Gasteiger partial charge in [-0.1, -0.05) is 30.3 Å². The van der Waals surface area contributed by atoms with Crippen molar-refractivity contribution in [2.24, 2.45) is 0 Å². The summed E-state index contributed by atoms with van der Waals surface area (Å²) in [7, 11) is 2.05. The molecule has 1 aliphatic rings. The molecule has 0 spiro atoms. The fourth-order valence-corrected chi connectivity index (χ4v) is 4.09. The largest absolute Gasteiger partial charge is 0.454 e. The lowest BCUT2D eigenvalue weighted by Crippen LogP contribution is -2.17. The summed E-state index contributed by atoms with van der Waals surface area (Å²) in [5.41, 5.74) is 5.67. The maximum atomic E-state index is 5.91. The van der Waals surface area contributed by atoms with Gasteiger partial charge in [-0.2, -0.15) is 5.10 Å². The molecule has 164 valence electrons. The molecule has 0 saturated carbocycles.